The zero-order valence-electron chi connectivity index (χ0n) is 9.97. The van der Waals surface area contributed by atoms with E-state index in [-0.39, 0.29) is 5.91 Å². The van der Waals surface area contributed by atoms with Crippen LogP contribution in [0, 0.1) is 0 Å². The molecule has 3 heterocycles. The van der Waals surface area contributed by atoms with E-state index < -0.39 is 0 Å². The number of aryl methyl sites for hydroxylation is 1. The van der Waals surface area contributed by atoms with Gasteiger partial charge >= 0.3 is 0 Å². The van der Waals surface area contributed by atoms with Gasteiger partial charge < -0.3 is 5.32 Å². The minimum atomic E-state index is -0.105. The average molecular weight is 242 g/mol. The lowest BCUT2D eigenvalue weighted by molar-refractivity contribution is 0.102. The molecule has 2 aromatic rings. The van der Waals surface area contributed by atoms with Gasteiger partial charge in [-0.3, -0.25) is 14.5 Å². The summed E-state index contributed by atoms with van der Waals surface area (Å²) in [4.78, 5) is 16.1. The van der Waals surface area contributed by atoms with Crippen molar-refractivity contribution < 1.29 is 4.79 Å². The van der Waals surface area contributed by atoms with Gasteiger partial charge in [-0.15, -0.1) is 0 Å². The summed E-state index contributed by atoms with van der Waals surface area (Å²) in [5.41, 5.74) is 2.43. The van der Waals surface area contributed by atoms with E-state index >= 15 is 0 Å². The van der Waals surface area contributed by atoms with E-state index in [9.17, 15) is 4.79 Å². The van der Waals surface area contributed by atoms with Gasteiger partial charge in [-0.2, -0.15) is 5.10 Å². The lowest BCUT2D eigenvalue weighted by atomic mass is 10.1. The van der Waals surface area contributed by atoms with Crippen LogP contribution in [0.3, 0.4) is 0 Å². The van der Waals surface area contributed by atoms with Crippen molar-refractivity contribution in [1.82, 2.24) is 14.8 Å². The SMILES string of the molecule is O=C(Nc1cccnc1)c1cnn2c1CCCC2. The zero-order chi connectivity index (χ0) is 12.4. The third-order valence-corrected chi connectivity index (χ3v) is 3.15. The van der Waals surface area contributed by atoms with Gasteiger partial charge in [-0.1, -0.05) is 0 Å². The second kappa shape index (κ2) is 4.60. The molecule has 1 N–H and O–H groups in total. The fourth-order valence-corrected chi connectivity index (χ4v) is 2.25. The van der Waals surface area contributed by atoms with Crippen LogP contribution in [-0.4, -0.2) is 20.7 Å². The molecule has 0 radical (unpaired) electrons. The van der Waals surface area contributed by atoms with Crippen molar-refractivity contribution in [1.29, 1.82) is 0 Å². The first-order valence-electron chi connectivity index (χ1n) is 6.10. The molecule has 1 amide bonds. The van der Waals surface area contributed by atoms with E-state index in [2.05, 4.69) is 15.4 Å². The largest absolute Gasteiger partial charge is 0.320 e. The predicted molar refractivity (Wildman–Crippen MR) is 67.4 cm³/mol. The van der Waals surface area contributed by atoms with Crippen LogP contribution in [0.5, 0.6) is 0 Å². The Bertz CT molecular complexity index is 562. The van der Waals surface area contributed by atoms with Crippen molar-refractivity contribution in [3.63, 3.8) is 0 Å². The third-order valence-electron chi connectivity index (χ3n) is 3.15. The summed E-state index contributed by atoms with van der Waals surface area (Å²) in [6.07, 6.45) is 8.16. The van der Waals surface area contributed by atoms with Crippen LogP contribution < -0.4 is 5.32 Å². The molecular formula is C13H14N4O. The molecule has 3 rings (SSSR count). The lowest BCUT2D eigenvalue weighted by Crippen LogP contribution is -2.17. The number of nitrogens with zero attached hydrogens (tertiary/aromatic N) is 3. The molecule has 0 saturated carbocycles. The Morgan fingerprint density at radius 1 is 1.33 bits per heavy atom. The van der Waals surface area contributed by atoms with Crippen molar-refractivity contribution in [2.75, 3.05) is 5.32 Å². The fraction of sp³-hybridized carbons (Fsp3) is 0.308. The van der Waals surface area contributed by atoms with Crippen molar-refractivity contribution in [3.05, 3.63) is 42.0 Å². The standard InChI is InChI=1S/C13H14N4O/c18-13(16-10-4-3-6-14-8-10)11-9-15-17-7-2-1-5-12(11)17/h3-4,6,8-9H,1-2,5,7H2,(H,16,18). The fourth-order valence-electron chi connectivity index (χ4n) is 2.25. The van der Waals surface area contributed by atoms with Crippen molar-refractivity contribution in [2.24, 2.45) is 0 Å². The molecular weight excluding hydrogens is 228 g/mol. The third kappa shape index (κ3) is 1.99. The van der Waals surface area contributed by atoms with Crippen LogP contribution in [0.4, 0.5) is 5.69 Å². The van der Waals surface area contributed by atoms with E-state index in [1.807, 2.05) is 10.7 Å². The maximum atomic E-state index is 12.2. The van der Waals surface area contributed by atoms with Gasteiger partial charge in [0.25, 0.3) is 5.91 Å². The molecule has 0 aliphatic carbocycles. The molecule has 0 bridgehead atoms. The topological polar surface area (TPSA) is 59.8 Å². The molecule has 0 spiro atoms. The molecule has 92 valence electrons. The van der Waals surface area contributed by atoms with Crippen molar-refractivity contribution >= 4 is 11.6 Å². The Labute approximate surface area is 105 Å². The smallest absolute Gasteiger partial charge is 0.259 e. The van der Waals surface area contributed by atoms with Crippen LogP contribution in [0.25, 0.3) is 0 Å². The Morgan fingerprint density at radius 3 is 3.11 bits per heavy atom. The Kier molecular flexibility index (Phi) is 2.80. The van der Waals surface area contributed by atoms with E-state index in [1.165, 1.54) is 0 Å². The molecule has 0 atom stereocenters. The minimum absolute atomic E-state index is 0.105. The number of pyridine rings is 1. The summed E-state index contributed by atoms with van der Waals surface area (Å²) in [5.74, 6) is -0.105. The monoisotopic (exact) mass is 242 g/mol. The molecule has 2 aromatic heterocycles. The minimum Gasteiger partial charge on any atom is -0.320 e. The summed E-state index contributed by atoms with van der Waals surface area (Å²) in [6.45, 7) is 0.912. The molecule has 0 aromatic carbocycles. The van der Waals surface area contributed by atoms with Gasteiger partial charge in [0.1, 0.15) is 0 Å². The van der Waals surface area contributed by atoms with Gasteiger partial charge in [0.05, 0.1) is 29.3 Å². The maximum absolute atomic E-state index is 12.2. The molecule has 5 nitrogen and oxygen atoms in total. The average Bonchev–Trinajstić information content (AvgIpc) is 2.84. The van der Waals surface area contributed by atoms with Crippen molar-refractivity contribution in [2.45, 2.75) is 25.8 Å². The number of amides is 1. The van der Waals surface area contributed by atoms with Crippen LogP contribution in [0.2, 0.25) is 0 Å². The Hall–Kier alpha value is -2.17. The first kappa shape index (κ1) is 11.0. The zero-order valence-corrected chi connectivity index (χ0v) is 9.97. The number of anilines is 1. The number of nitrogens with one attached hydrogen (secondary N) is 1. The maximum Gasteiger partial charge on any atom is 0.259 e. The first-order chi connectivity index (χ1) is 8.84. The van der Waals surface area contributed by atoms with Crippen LogP contribution in [0.1, 0.15) is 28.9 Å². The summed E-state index contributed by atoms with van der Waals surface area (Å²) in [5, 5.41) is 7.10. The molecule has 5 heteroatoms. The second-order valence-corrected chi connectivity index (χ2v) is 4.38. The molecule has 18 heavy (non-hydrogen) atoms. The number of hydrogen-bond donors (Lipinski definition) is 1. The van der Waals surface area contributed by atoms with E-state index in [1.54, 1.807) is 24.7 Å². The van der Waals surface area contributed by atoms with Crippen LogP contribution in [-0.2, 0) is 13.0 Å². The number of rotatable bonds is 2. The number of carbonyl (C=O) groups excluding carboxylic acids is 1. The lowest BCUT2D eigenvalue weighted by Gasteiger charge is -2.14. The highest BCUT2D eigenvalue weighted by Gasteiger charge is 2.19. The van der Waals surface area contributed by atoms with Gasteiger partial charge in [0.15, 0.2) is 0 Å². The molecule has 1 aliphatic rings. The van der Waals surface area contributed by atoms with E-state index in [0.29, 0.717) is 11.3 Å². The van der Waals surface area contributed by atoms with Gasteiger partial charge in [0.2, 0.25) is 0 Å². The predicted octanol–water partition coefficient (Wildman–Crippen LogP) is 1.87. The number of hydrogen-bond acceptors (Lipinski definition) is 3. The second-order valence-electron chi connectivity index (χ2n) is 4.38. The highest BCUT2D eigenvalue weighted by molar-refractivity contribution is 6.04. The van der Waals surface area contributed by atoms with Crippen LogP contribution in [0.15, 0.2) is 30.7 Å². The summed E-state index contributed by atoms with van der Waals surface area (Å²) < 4.78 is 1.93. The number of fused-ring (bicyclic) bond motifs is 1. The van der Waals surface area contributed by atoms with Crippen LogP contribution >= 0.6 is 0 Å². The van der Waals surface area contributed by atoms with Gasteiger partial charge in [0, 0.05) is 12.7 Å². The molecule has 0 fully saturated rings. The molecule has 0 saturated heterocycles. The van der Waals surface area contributed by atoms with Gasteiger partial charge in [-0.25, -0.2) is 0 Å². The molecule has 0 unspecified atom stereocenters. The normalized spacial score (nSPS) is 14.0. The Morgan fingerprint density at radius 2 is 2.28 bits per heavy atom. The highest BCUT2D eigenvalue weighted by Crippen LogP contribution is 2.19. The quantitative estimate of drug-likeness (QED) is 0.874. The van der Waals surface area contributed by atoms with Crippen molar-refractivity contribution in [3.8, 4) is 0 Å². The summed E-state index contributed by atoms with van der Waals surface area (Å²) >= 11 is 0. The Balaban J connectivity index is 1.83. The first-order valence-corrected chi connectivity index (χ1v) is 6.10. The molecule has 1 aliphatic heterocycles. The van der Waals surface area contributed by atoms with E-state index in [4.69, 9.17) is 0 Å². The number of aromatic nitrogens is 3. The van der Waals surface area contributed by atoms with Gasteiger partial charge in [-0.05, 0) is 31.4 Å². The summed E-state index contributed by atoms with van der Waals surface area (Å²) in [6, 6.07) is 3.62. The highest BCUT2D eigenvalue weighted by atomic mass is 16.1. The summed E-state index contributed by atoms with van der Waals surface area (Å²) in [7, 11) is 0. The number of carbonyl (C=O) groups is 1. The van der Waals surface area contributed by atoms with E-state index in [0.717, 1.165) is 31.5 Å².